The number of rotatable bonds is 5. The summed E-state index contributed by atoms with van der Waals surface area (Å²) in [4.78, 5) is 0. The minimum absolute atomic E-state index is 0.617. The van der Waals surface area contributed by atoms with Gasteiger partial charge in [0.2, 0.25) is 0 Å². The standard InChI is InChI=1S/C13H18ClNO/c1-16-12-8-9(3-2-6-15)7-11(14)13(12)10-4-5-10/h7-8,10H,2-6,15H2,1H3. The molecule has 1 aliphatic rings. The van der Waals surface area contributed by atoms with E-state index in [-0.39, 0.29) is 0 Å². The lowest BCUT2D eigenvalue weighted by atomic mass is 10.0. The maximum atomic E-state index is 6.32. The fourth-order valence-corrected chi connectivity index (χ4v) is 2.42. The topological polar surface area (TPSA) is 35.2 Å². The Bertz CT molecular complexity index is 374. The third-order valence-corrected chi connectivity index (χ3v) is 3.34. The van der Waals surface area contributed by atoms with Crippen LogP contribution in [0.25, 0.3) is 0 Å². The maximum Gasteiger partial charge on any atom is 0.124 e. The zero-order valence-corrected chi connectivity index (χ0v) is 10.4. The highest BCUT2D eigenvalue weighted by atomic mass is 35.5. The number of hydrogen-bond donors (Lipinski definition) is 1. The molecule has 0 heterocycles. The van der Waals surface area contributed by atoms with E-state index in [9.17, 15) is 0 Å². The number of nitrogens with two attached hydrogens (primary N) is 1. The van der Waals surface area contributed by atoms with Crippen molar-refractivity contribution in [2.75, 3.05) is 13.7 Å². The first kappa shape index (κ1) is 11.7. The van der Waals surface area contributed by atoms with Crippen LogP contribution in [0.3, 0.4) is 0 Å². The molecule has 2 nitrogen and oxygen atoms in total. The van der Waals surface area contributed by atoms with E-state index < -0.39 is 0 Å². The molecule has 1 aliphatic carbocycles. The zero-order valence-electron chi connectivity index (χ0n) is 9.63. The summed E-state index contributed by atoms with van der Waals surface area (Å²) in [5.74, 6) is 1.56. The molecule has 0 amide bonds. The summed E-state index contributed by atoms with van der Waals surface area (Å²) in [7, 11) is 1.71. The van der Waals surface area contributed by atoms with Crippen LogP contribution in [0.2, 0.25) is 5.02 Å². The molecule has 1 saturated carbocycles. The maximum absolute atomic E-state index is 6.32. The quantitative estimate of drug-likeness (QED) is 0.857. The monoisotopic (exact) mass is 239 g/mol. The van der Waals surface area contributed by atoms with Gasteiger partial charge in [-0.05, 0) is 55.8 Å². The summed E-state index contributed by atoms with van der Waals surface area (Å²) in [6.07, 6.45) is 4.43. The molecule has 0 aliphatic heterocycles. The Labute approximate surface area is 102 Å². The highest BCUT2D eigenvalue weighted by molar-refractivity contribution is 6.31. The Morgan fingerprint density at radius 1 is 1.44 bits per heavy atom. The van der Waals surface area contributed by atoms with Crippen LogP contribution < -0.4 is 10.5 Å². The van der Waals surface area contributed by atoms with E-state index >= 15 is 0 Å². The van der Waals surface area contributed by atoms with Gasteiger partial charge in [-0.1, -0.05) is 11.6 Å². The second-order valence-corrected chi connectivity index (χ2v) is 4.77. The van der Waals surface area contributed by atoms with Gasteiger partial charge in [0.1, 0.15) is 5.75 Å². The van der Waals surface area contributed by atoms with E-state index in [1.54, 1.807) is 7.11 Å². The number of aryl methyl sites for hydroxylation is 1. The first-order valence-electron chi connectivity index (χ1n) is 5.82. The fourth-order valence-electron chi connectivity index (χ4n) is 2.03. The summed E-state index contributed by atoms with van der Waals surface area (Å²) in [6.45, 7) is 0.713. The molecule has 16 heavy (non-hydrogen) atoms. The third-order valence-electron chi connectivity index (χ3n) is 3.03. The van der Waals surface area contributed by atoms with Crippen molar-refractivity contribution in [2.45, 2.75) is 31.6 Å². The van der Waals surface area contributed by atoms with Crippen LogP contribution in [0.5, 0.6) is 5.75 Å². The van der Waals surface area contributed by atoms with E-state index in [1.165, 1.54) is 24.0 Å². The fraction of sp³-hybridized carbons (Fsp3) is 0.538. The molecule has 0 atom stereocenters. The lowest BCUT2D eigenvalue weighted by Crippen LogP contribution is -2.01. The van der Waals surface area contributed by atoms with Crippen LogP contribution in [0.4, 0.5) is 0 Å². The van der Waals surface area contributed by atoms with Gasteiger partial charge in [0.05, 0.1) is 7.11 Å². The number of benzene rings is 1. The van der Waals surface area contributed by atoms with Crippen molar-refractivity contribution in [3.63, 3.8) is 0 Å². The molecule has 0 saturated heterocycles. The molecule has 3 heteroatoms. The average Bonchev–Trinajstić information content (AvgIpc) is 3.09. The molecule has 2 rings (SSSR count). The van der Waals surface area contributed by atoms with Gasteiger partial charge < -0.3 is 10.5 Å². The number of ether oxygens (including phenoxy) is 1. The molecule has 1 fully saturated rings. The summed E-state index contributed by atoms with van der Waals surface area (Å²) in [6, 6.07) is 4.17. The van der Waals surface area contributed by atoms with Crippen LogP contribution in [-0.4, -0.2) is 13.7 Å². The van der Waals surface area contributed by atoms with Crippen LogP contribution >= 0.6 is 11.6 Å². The van der Waals surface area contributed by atoms with E-state index in [0.717, 1.165) is 23.6 Å². The Kier molecular flexibility index (Phi) is 3.72. The molecule has 0 aromatic heterocycles. The van der Waals surface area contributed by atoms with E-state index in [0.29, 0.717) is 12.5 Å². The SMILES string of the molecule is COc1cc(CCCN)cc(Cl)c1C1CC1. The molecule has 0 spiro atoms. The number of halogens is 1. The molecule has 0 bridgehead atoms. The normalized spacial score (nSPS) is 15.2. The zero-order chi connectivity index (χ0) is 11.5. The predicted molar refractivity (Wildman–Crippen MR) is 67.4 cm³/mol. The van der Waals surface area contributed by atoms with E-state index in [2.05, 4.69) is 12.1 Å². The molecule has 88 valence electrons. The molecular formula is C13H18ClNO. The van der Waals surface area contributed by atoms with E-state index in [4.69, 9.17) is 22.1 Å². The number of hydrogen-bond acceptors (Lipinski definition) is 2. The van der Waals surface area contributed by atoms with Gasteiger partial charge in [0.25, 0.3) is 0 Å². The van der Waals surface area contributed by atoms with Gasteiger partial charge >= 0.3 is 0 Å². The smallest absolute Gasteiger partial charge is 0.124 e. The number of methoxy groups -OCH3 is 1. The van der Waals surface area contributed by atoms with Crippen molar-refractivity contribution in [3.05, 3.63) is 28.3 Å². The van der Waals surface area contributed by atoms with Crippen molar-refractivity contribution in [1.29, 1.82) is 0 Å². The minimum atomic E-state index is 0.617. The second kappa shape index (κ2) is 5.07. The lowest BCUT2D eigenvalue weighted by molar-refractivity contribution is 0.409. The van der Waals surface area contributed by atoms with Crippen LogP contribution in [0, 0.1) is 0 Å². The summed E-state index contributed by atoms with van der Waals surface area (Å²) >= 11 is 6.32. The molecule has 2 N–H and O–H groups in total. The van der Waals surface area contributed by atoms with Crippen molar-refractivity contribution in [2.24, 2.45) is 5.73 Å². The van der Waals surface area contributed by atoms with Crippen LogP contribution in [0.1, 0.15) is 36.3 Å². The molecule has 1 aromatic carbocycles. The average molecular weight is 240 g/mol. The van der Waals surface area contributed by atoms with Crippen molar-refractivity contribution >= 4 is 11.6 Å². The van der Waals surface area contributed by atoms with Gasteiger partial charge in [0, 0.05) is 10.6 Å². The molecule has 0 unspecified atom stereocenters. The lowest BCUT2D eigenvalue weighted by Gasteiger charge is -2.12. The third kappa shape index (κ3) is 2.50. The highest BCUT2D eigenvalue weighted by Crippen LogP contribution is 2.48. The Morgan fingerprint density at radius 2 is 2.19 bits per heavy atom. The minimum Gasteiger partial charge on any atom is -0.496 e. The van der Waals surface area contributed by atoms with Gasteiger partial charge in [-0.3, -0.25) is 0 Å². The van der Waals surface area contributed by atoms with E-state index in [1.807, 2.05) is 0 Å². The predicted octanol–water partition coefficient (Wildman–Crippen LogP) is 3.12. The highest BCUT2D eigenvalue weighted by Gasteiger charge is 2.29. The van der Waals surface area contributed by atoms with Crippen molar-refractivity contribution in [3.8, 4) is 5.75 Å². The first-order chi connectivity index (χ1) is 7.76. The van der Waals surface area contributed by atoms with Crippen molar-refractivity contribution in [1.82, 2.24) is 0 Å². The Hall–Kier alpha value is -0.730. The molecule has 0 radical (unpaired) electrons. The van der Waals surface area contributed by atoms with Gasteiger partial charge in [0.15, 0.2) is 0 Å². The second-order valence-electron chi connectivity index (χ2n) is 4.36. The molecule has 1 aromatic rings. The first-order valence-corrected chi connectivity index (χ1v) is 6.20. The summed E-state index contributed by atoms with van der Waals surface area (Å²) in [5, 5.41) is 0.855. The largest absolute Gasteiger partial charge is 0.496 e. The molecular weight excluding hydrogens is 222 g/mol. The Morgan fingerprint density at radius 3 is 2.75 bits per heavy atom. The van der Waals surface area contributed by atoms with Gasteiger partial charge in [-0.15, -0.1) is 0 Å². The van der Waals surface area contributed by atoms with Crippen LogP contribution in [0.15, 0.2) is 12.1 Å². The van der Waals surface area contributed by atoms with Gasteiger partial charge in [-0.25, -0.2) is 0 Å². The van der Waals surface area contributed by atoms with Crippen molar-refractivity contribution < 1.29 is 4.74 Å². The van der Waals surface area contributed by atoms with Gasteiger partial charge in [-0.2, -0.15) is 0 Å². The summed E-state index contributed by atoms with van der Waals surface area (Å²) < 4.78 is 5.43. The summed E-state index contributed by atoms with van der Waals surface area (Å²) in [5.41, 5.74) is 7.92. The Balaban J connectivity index is 2.26. The van der Waals surface area contributed by atoms with Crippen LogP contribution in [-0.2, 0) is 6.42 Å².